The molecule has 4 rings (SSSR count). The first-order chi connectivity index (χ1) is 16.0. The van der Waals surface area contributed by atoms with Gasteiger partial charge in [-0.15, -0.1) is 0 Å². The monoisotopic (exact) mass is 475 g/mol. The summed E-state index contributed by atoms with van der Waals surface area (Å²) < 4.78 is 80.9. The quantitative estimate of drug-likeness (QED) is 0.359. The number of hydrogen-bond donors (Lipinski definition) is 1. The Bertz CT molecular complexity index is 1350. The highest BCUT2D eigenvalue weighted by Crippen LogP contribution is 2.37. The van der Waals surface area contributed by atoms with Crippen molar-refractivity contribution in [2.45, 2.75) is 18.4 Å². The molecule has 2 aromatic carbocycles. The molecule has 174 valence electrons. The highest BCUT2D eigenvalue weighted by molar-refractivity contribution is 5.98. The van der Waals surface area contributed by atoms with Crippen LogP contribution in [0, 0.1) is 0 Å². The molecule has 4 nitrogen and oxygen atoms in total. The minimum atomic E-state index is -4.85. The fraction of sp³-hybridized carbons (Fsp3) is 0.125. The molecule has 0 radical (unpaired) electrons. The second-order valence-electron chi connectivity index (χ2n) is 7.37. The Balaban J connectivity index is 1.81. The van der Waals surface area contributed by atoms with Crippen LogP contribution in [0.25, 0.3) is 10.9 Å². The Morgan fingerprint density at radius 3 is 2.26 bits per heavy atom. The van der Waals surface area contributed by atoms with Crippen molar-refractivity contribution in [2.75, 3.05) is 0 Å². The zero-order chi connectivity index (χ0) is 24.5. The summed E-state index contributed by atoms with van der Waals surface area (Å²) in [5.74, 6) is -0.797. The van der Waals surface area contributed by atoms with Gasteiger partial charge in [0.2, 0.25) is 0 Å². The van der Waals surface area contributed by atoms with Crippen molar-refractivity contribution in [3.63, 3.8) is 0 Å². The van der Waals surface area contributed by atoms with Crippen LogP contribution in [-0.4, -0.2) is 15.9 Å². The molecule has 1 amide bonds. The van der Waals surface area contributed by atoms with E-state index in [9.17, 15) is 31.1 Å². The van der Waals surface area contributed by atoms with Crippen LogP contribution in [0.5, 0.6) is 0 Å². The molecule has 2 heterocycles. The number of hydrogen-bond acceptors (Lipinski definition) is 3. The lowest BCUT2D eigenvalue weighted by atomic mass is 9.96. The number of fused-ring (bicyclic) bond motifs is 1. The van der Waals surface area contributed by atoms with Crippen LogP contribution >= 0.6 is 0 Å². The molecular weight excluding hydrogens is 460 g/mol. The maximum atomic E-state index is 13.7. The standard InChI is InChI=1S/C24H15F6N3O/c25-23(26,27)17-6-1-4-15(12-17)20(21-18(24(28,29)30)7-3-11-32-21)33-22(34)16-9-8-14-5-2-10-31-19(14)13-16/h1-13,20H,(H,33,34). The van der Waals surface area contributed by atoms with Crippen molar-refractivity contribution in [1.82, 2.24) is 15.3 Å². The first-order valence-corrected chi connectivity index (χ1v) is 9.89. The molecule has 0 saturated heterocycles. The summed E-state index contributed by atoms with van der Waals surface area (Å²) in [7, 11) is 0. The first-order valence-electron chi connectivity index (χ1n) is 9.89. The predicted molar refractivity (Wildman–Crippen MR) is 112 cm³/mol. The number of halogens is 6. The topological polar surface area (TPSA) is 54.9 Å². The average molecular weight is 475 g/mol. The minimum absolute atomic E-state index is 0.0765. The summed E-state index contributed by atoms with van der Waals surface area (Å²) in [5.41, 5.74) is -2.51. The van der Waals surface area contributed by atoms with E-state index in [1.54, 1.807) is 18.2 Å². The van der Waals surface area contributed by atoms with E-state index >= 15 is 0 Å². The zero-order valence-corrected chi connectivity index (χ0v) is 17.2. The van der Waals surface area contributed by atoms with Gasteiger partial charge in [-0.05, 0) is 48.0 Å². The third-order valence-corrected chi connectivity index (χ3v) is 5.11. The summed E-state index contributed by atoms with van der Waals surface area (Å²) in [6.07, 6.45) is -6.98. The molecule has 10 heteroatoms. The molecule has 0 aliphatic heterocycles. The number of pyridine rings is 2. The van der Waals surface area contributed by atoms with Crippen molar-refractivity contribution in [3.8, 4) is 0 Å². The maximum absolute atomic E-state index is 13.7. The summed E-state index contributed by atoms with van der Waals surface area (Å²) in [5, 5.41) is 3.16. The number of carbonyl (C=O) groups is 1. The van der Waals surface area contributed by atoms with Crippen LogP contribution in [0.15, 0.2) is 79.1 Å². The van der Waals surface area contributed by atoms with Gasteiger partial charge in [-0.3, -0.25) is 14.8 Å². The molecule has 0 aliphatic rings. The SMILES string of the molecule is O=C(NC(c1cccc(C(F)(F)F)c1)c1ncccc1C(F)(F)F)c1ccc2cccnc2c1. The predicted octanol–water partition coefficient (Wildman–Crippen LogP) is 6.19. The van der Waals surface area contributed by atoms with Crippen LogP contribution in [0.3, 0.4) is 0 Å². The van der Waals surface area contributed by atoms with Gasteiger partial charge in [-0.25, -0.2) is 0 Å². The van der Waals surface area contributed by atoms with E-state index in [0.29, 0.717) is 11.6 Å². The van der Waals surface area contributed by atoms with Gasteiger partial charge in [0.15, 0.2) is 0 Å². The molecule has 0 bridgehead atoms. The van der Waals surface area contributed by atoms with E-state index in [1.807, 2.05) is 0 Å². The molecule has 1 atom stereocenters. The minimum Gasteiger partial charge on any atom is -0.340 e. The third-order valence-electron chi connectivity index (χ3n) is 5.11. The Kier molecular flexibility index (Phi) is 5.99. The highest BCUT2D eigenvalue weighted by Gasteiger charge is 2.38. The van der Waals surface area contributed by atoms with Crippen molar-refractivity contribution < 1.29 is 31.1 Å². The van der Waals surface area contributed by atoms with Crippen LogP contribution < -0.4 is 5.32 Å². The number of amides is 1. The van der Waals surface area contributed by atoms with Crippen molar-refractivity contribution >= 4 is 16.8 Å². The van der Waals surface area contributed by atoms with Gasteiger partial charge in [-0.2, -0.15) is 26.3 Å². The summed E-state index contributed by atoms with van der Waals surface area (Å²) in [4.78, 5) is 20.9. The molecule has 1 N–H and O–H groups in total. The normalized spacial score (nSPS) is 13.0. The highest BCUT2D eigenvalue weighted by atomic mass is 19.4. The van der Waals surface area contributed by atoms with E-state index in [4.69, 9.17) is 0 Å². The smallest absolute Gasteiger partial charge is 0.340 e. The summed E-state index contributed by atoms with van der Waals surface area (Å²) >= 11 is 0. The Morgan fingerprint density at radius 2 is 1.53 bits per heavy atom. The Labute approximate surface area is 189 Å². The molecule has 0 saturated carbocycles. The van der Waals surface area contributed by atoms with Gasteiger partial charge in [0.25, 0.3) is 5.91 Å². The number of alkyl halides is 6. The van der Waals surface area contributed by atoms with Crippen LogP contribution in [-0.2, 0) is 12.4 Å². The van der Waals surface area contributed by atoms with Gasteiger partial charge in [-0.1, -0.05) is 24.3 Å². The number of carbonyl (C=O) groups excluding carboxylic acids is 1. The number of nitrogens with one attached hydrogen (secondary N) is 1. The van der Waals surface area contributed by atoms with Crippen LogP contribution in [0.4, 0.5) is 26.3 Å². The molecular formula is C24H15F6N3O. The van der Waals surface area contributed by atoms with E-state index in [2.05, 4.69) is 15.3 Å². The molecule has 2 aromatic heterocycles. The van der Waals surface area contributed by atoms with E-state index in [0.717, 1.165) is 35.8 Å². The molecule has 34 heavy (non-hydrogen) atoms. The lowest BCUT2D eigenvalue weighted by Crippen LogP contribution is -2.32. The van der Waals surface area contributed by atoms with Crippen molar-refractivity contribution in [1.29, 1.82) is 0 Å². The zero-order valence-electron chi connectivity index (χ0n) is 17.2. The lowest BCUT2D eigenvalue weighted by Gasteiger charge is -2.23. The van der Waals surface area contributed by atoms with Gasteiger partial charge in [0, 0.05) is 23.3 Å². The van der Waals surface area contributed by atoms with E-state index < -0.39 is 41.1 Å². The number of aromatic nitrogens is 2. The van der Waals surface area contributed by atoms with Crippen LogP contribution in [0.1, 0.15) is 38.8 Å². The number of rotatable bonds is 4. The second kappa shape index (κ2) is 8.77. The van der Waals surface area contributed by atoms with Gasteiger partial charge in [0.05, 0.1) is 28.4 Å². The Hall–Kier alpha value is -3.95. The lowest BCUT2D eigenvalue weighted by molar-refractivity contribution is -0.139. The largest absolute Gasteiger partial charge is 0.418 e. The molecule has 0 fully saturated rings. The summed E-state index contributed by atoms with van der Waals surface area (Å²) in [6, 6.07) is 11.9. The molecule has 0 spiro atoms. The molecule has 1 unspecified atom stereocenters. The van der Waals surface area contributed by atoms with Crippen LogP contribution in [0.2, 0.25) is 0 Å². The average Bonchev–Trinajstić information content (AvgIpc) is 2.81. The first kappa shape index (κ1) is 23.2. The molecule has 0 aliphatic carbocycles. The van der Waals surface area contributed by atoms with Gasteiger partial charge in [0.1, 0.15) is 0 Å². The molecule has 4 aromatic rings. The van der Waals surface area contributed by atoms with E-state index in [1.165, 1.54) is 24.4 Å². The maximum Gasteiger partial charge on any atom is 0.418 e. The van der Waals surface area contributed by atoms with Crippen molar-refractivity contribution in [2.24, 2.45) is 0 Å². The fourth-order valence-electron chi connectivity index (χ4n) is 3.51. The van der Waals surface area contributed by atoms with Gasteiger partial charge < -0.3 is 5.32 Å². The fourth-order valence-corrected chi connectivity index (χ4v) is 3.51. The summed E-state index contributed by atoms with van der Waals surface area (Å²) in [6.45, 7) is 0. The van der Waals surface area contributed by atoms with E-state index in [-0.39, 0.29) is 11.1 Å². The second-order valence-corrected chi connectivity index (χ2v) is 7.37. The van der Waals surface area contributed by atoms with Gasteiger partial charge >= 0.3 is 12.4 Å². The Morgan fingerprint density at radius 1 is 0.794 bits per heavy atom. The third kappa shape index (κ3) is 4.85. The number of benzene rings is 2. The number of nitrogens with zero attached hydrogens (tertiary/aromatic N) is 2. The van der Waals surface area contributed by atoms with Crippen molar-refractivity contribution in [3.05, 3.63) is 107 Å².